The number of carbonyl (C=O) groups is 2. The van der Waals surface area contributed by atoms with Crippen LogP contribution in [0.25, 0.3) is 22.3 Å². The van der Waals surface area contributed by atoms with Gasteiger partial charge in [0.15, 0.2) is 23.2 Å². The number of ether oxygens (including phenoxy) is 3. The van der Waals surface area contributed by atoms with E-state index in [2.05, 4.69) is 36.6 Å². The number of esters is 1. The van der Waals surface area contributed by atoms with Crippen LogP contribution in [0.4, 0.5) is 8.78 Å². The summed E-state index contributed by atoms with van der Waals surface area (Å²) < 4.78 is 48.6. The van der Waals surface area contributed by atoms with Gasteiger partial charge in [0.05, 0.1) is 16.9 Å². The molecule has 2 unspecified atom stereocenters. The van der Waals surface area contributed by atoms with Crippen molar-refractivity contribution in [3.63, 3.8) is 0 Å². The third-order valence-corrected chi connectivity index (χ3v) is 11.1. The van der Waals surface area contributed by atoms with E-state index in [0.29, 0.717) is 36.4 Å². The van der Waals surface area contributed by atoms with E-state index in [1.165, 1.54) is 18.2 Å². The summed E-state index contributed by atoms with van der Waals surface area (Å²) in [5.41, 5.74) is 2.75. The zero-order valence-corrected chi connectivity index (χ0v) is 30.2. The molecule has 0 saturated carbocycles. The number of aromatic amines is 1. The maximum absolute atomic E-state index is 15.6. The molecule has 0 spiro atoms. The van der Waals surface area contributed by atoms with Crippen LogP contribution in [0.5, 0.6) is 11.5 Å². The number of aryl methyl sites for hydroxylation is 2. The van der Waals surface area contributed by atoms with E-state index in [0.717, 1.165) is 40.0 Å². The van der Waals surface area contributed by atoms with Crippen molar-refractivity contribution in [1.29, 1.82) is 0 Å². The largest absolute Gasteiger partial charge is 0.454 e. The van der Waals surface area contributed by atoms with Gasteiger partial charge in [-0.15, -0.1) is 0 Å². The molecule has 51 heavy (non-hydrogen) atoms. The molecule has 2 aromatic heterocycles. The van der Waals surface area contributed by atoms with Crippen molar-refractivity contribution in [3.8, 4) is 22.9 Å². The highest BCUT2D eigenvalue weighted by molar-refractivity contribution is 7.99. The summed E-state index contributed by atoms with van der Waals surface area (Å²) >= 11 is 1.82. The molecule has 9 nitrogen and oxygen atoms in total. The lowest BCUT2D eigenvalue weighted by Gasteiger charge is -2.33. The van der Waals surface area contributed by atoms with E-state index in [4.69, 9.17) is 19.6 Å². The van der Waals surface area contributed by atoms with Crippen molar-refractivity contribution < 1.29 is 32.6 Å². The second-order valence-electron chi connectivity index (χ2n) is 14.2. The van der Waals surface area contributed by atoms with Gasteiger partial charge < -0.3 is 19.2 Å². The lowest BCUT2D eigenvalue weighted by molar-refractivity contribution is -0.163. The highest BCUT2D eigenvalue weighted by Gasteiger charge is 2.37. The Kier molecular flexibility index (Phi) is 10.5. The number of fused-ring (bicyclic) bond motifs is 8. The summed E-state index contributed by atoms with van der Waals surface area (Å²) in [6.45, 7) is 8.16. The summed E-state index contributed by atoms with van der Waals surface area (Å²) in [5.74, 6) is 0.916. The third kappa shape index (κ3) is 7.80. The second-order valence-corrected chi connectivity index (χ2v) is 15.3. The van der Waals surface area contributed by atoms with Crippen LogP contribution in [-0.2, 0) is 44.4 Å². The van der Waals surface area contributed by atoms with Crippen molar-refractivity contribution >= 4 is 35.1 Å². The Hall–Kier alpha value is -4.71. The number of nitrogens with zero attached hydrogens (tertiary/aromatic N) is 3. The van der Waals surface area contributed by atoms with Crippen molar-refractivity contribution in [2.45, 2.75) is 58.8 Å². The van der Waals surface area contributed by atoms with E-state index in [1.807, 2.05) is 36.0 Å². The summed E-state index contributed by atoms with van der Waals surface area (Å²) in [6.07, 6.45) is 4.30. The smallest absolute Gasteiger partial charge is 0.311 e. The first-order chi connectivity index (χ1) is 24.4. The number of halogens is 2. The first kappa shape index (κ1) is 36.1. The van der Waals surface area contributed by atoms with E-state index in [-0.39, 0.29) is 28.9 Å². The summed E-state index contributed by atoms with van der Waals surface area (Å²) in [7, 11) is 1.73. The van der Waals surface area contributed by atoms with Crippen LogP contribution in [0.15, 0.2) is 60.8 Å². The Morgan fingerprint density at radius 2 is 1.94 bits per heavy atom. The number of aromatic nitrogens is 4. The number of carbonyl (C=O) groups excluding carboxylic acids is 2. The lowest BCUT2D eigenvalue weighted by atomic mass is 9.73. The topological polar surface area (TPSA) is 108 Å². The van der Waals surface area contributed by atoms with Gasteiger partial charge >= 0.3 is 5.97 Å². The Labute approximate surface area is 300 Å². The molecule has 1 N–H and O–H groups in total. The highest BCUT2D eigenvalue weighted by Crippen LogP contribution is 2.42. The average molecular weight is 717 g/mol. The third-order valence-electron chi connectivity index (χ3n) is 9.66. The molecular formula is C39H42F2N4O5S. The summed E-state index contributed by atoms with van der Waals surface area (Å²) in [6, 6.07) is 15.7. The standard InChI is InChI=1S/C39H42F2N4O5S/c1-24(36(47)49-23-48-22-46)17-25-7-6-8-26(18-25)39(4)14-13-38(2,3)21-51-16-12-29-28-11-15-42-33(28)20-32(41)34(29)50-27-9-10-31(40)30(19-27)35-43-37(39)44-45(35)5/h6-11,15,18-20,22,24,42H,12-14,16-17,21,23H2,1-5H3. The van der Waals surface area contributed by atoms with Gasteiger partial charge in [-0.2, -0.15) is 16.9 Å². The van der Waals surface area contributed by atoms with E-state index in [9.17, 15) is 9.59 Å². The van der Waals surface area contributed by atoms with Gasteiger partial charge in [0.2, 0.25) is 6.79 Å². The molecule has 0 amide bonds. The maximum atomic E-state index is 15.6. The molecule has 0 aliphatic carbocycles. The van der Waals surface area contributed by atoms with Crippen LogP contribution in [0.1, 0.15) is 63.1 Å². The molecule has 1 aliphatic heterocycles. The predicted octanol–water partition coefficient (Wildman–Crippen LogP) is 8.29. The summed E-state index contributed by atoms with van der Waals surface area (Å²) in [5, 5.41) is 5.77. The predicted molar refractivity (Wildman–Crippen MR) is 193 cm³/mol. The molecule has 0 saturated heterocycles. The fourth-order valence-corrected chi connectivity index (χ4v) is 7.79. The minimum absolute atomic E-state index is 0.0830. The van der Waals surface area contributed by atoms with Gasteiger partial charge in [-0.25, -0.2) is 18.4 Å². The zero-order chi connectivity index (χ0) is 36.3. The monoisotopic (exact) mass is 716 g/mol. The molecule has 12 heteroatoms. The number of nitrogens with one attached hydrogen (secondary N) is 1. The van der Waals surface area contributed by atoms with Crippen molar-refractivity contribution in [2.75, 3.05) is 18.3 Å². The molecule has 0 fully saturated rings. The zero-order valence-electron chi connectivity index (χ0n) is 29.4. The maximum Gasteiger partial charge on any atom is 0.311 e. The highest BCUT2D eigenvalue weighted by atomic mass is 32.2. The summed E-state index contributed by atoms with van der Waals surface area (Å²) in [4.78, 5) is 31.1. The normalized spacial score (nSPS) is 18.3. The first-order valence-electron chi connectivity index (χ1n) is 17.0. The molecule has 6 rings (SSSR count). The Morgan fingerprint density at radius 3 is 2.75 bits per heavy atom. The second kappa shape index (κ2) is 14.9. The minimum atomic E-state index is -0.687. The first-order valence-corrected chi connectivity index (χ1v) is 18.1. The minimum Gasteiger partial charge on any atom is -0.454 e. The number of hydrogen-bond acceptors (Lipinski definition) is 8. The molecule has 268 valence electrons. The molecule has 5 aromatic rings. The van der Waals surface area contributed by atoms with Crippen LogP contribution in [0.2, 0.25) is 0 Å². The Balaban J connectivity index is 1.41. The van der Waals surface area contributed by atoms with E-state index in [1.54, 1.807) is 30.9 Å². The molecule has 2 atom stereocenters. The van der Waals surface area contributed by atoms with Gasteiger partial charge in [-0.3, -0.25) is 9.59 Å². The number of H-pyrrole nitrogens is 1. The van der Waals surface area contributed by atoms with Gasteiger partial charge in [0, 0.05) is 35.8 Å². The van der Waals surface area contributed by atoms with Gasteiger partial charge in [-0.1, -0.05) is 45.0 Å². The molecule has 1 aliphatic rings. The van der Waals surface area contributed by atoms with Crippen molar-refractivity contribution in [1.82, 2.24) is 19.7 Å². The molecule has 4 bridgehead atoms. The number of rotatable bonds is 7. The molecule has 0 radical (unpaired) electrons. The van der Waals surface area contributed by atoms with Crippen LogP contribution >= 0.6 is 11.8 Å². The fourth-order valence-electron chi connectivity index (χ4n) is 6.60. The van der Waals surface area contributed by atoms with Gasteiger partial charge in [0.25, 0.3) is 6.47 Å². The lowest BCUT2D eigenvalue weighted by Crippen LogP contribution is -2.29. The van der Waals surface area contributed by atoms with Crippen LogP contribution in [0, 0.1) is 23.0 Å². The molecule has 3 aromatic carbocycles. The SMILES string of the molecule is CC(Cc1cccc(C2(C)CCC(C)(C)CSCCc3c(c(F)cc4[nH]ccc34)Oc3ccc(F)c(c3)-c3nc2nn3C)c1)C(=O)OCOC=O. The molecule has 3 heterocycles. The number of hydrogen-bond donors (Lipinski definition) is 1. The number of thioether (sulfide) groups is 1. The fraction of sp³-hybridized carbons (Fsp3) is 0.385. The Morgan fingerprint density at radius 1 is 1.12 bits per heavy atom. The number of benzene rings is 3. The van der Waals surface area contributed by atoms with Gasteiger partial charge in [0.1, 0.15) is 11.6 Å². The van der Waals surface area contributed by atoms with E-state index >= 15 is 8.78 Å². The molecular weight excluding hydrogens is 675 g/mol. The van der Waals surface area contributed by atoms with Gasteiger partial charge in [-0.05, 0) is 84.9 Å². The Bertz CT molecular complexity index is 2060. The van der Waals surface area contributed by atoms with Crippen LogP contribution in [-0.4, -0.2) is 50.5 Å². The van der Waals surface area contributed by atoms with Crippen LogP contribution in [0.3, 0.4) is 0 Å². The van der Waals surface area contributed by atoms with E-state index < -0.39 is 35.7 Å². The van der Waals surface area contributed by atoms with Crippen molar-refractivity contribution in [3.05, 3.63) is 94.9 Å². The average Bonchev–Trinajstić information content (AvgIpc) is 3.73. The quantitative estimate of drug-likeness (QED) is 0.0776. The van der Waals surface area contributed by atoms with Crippen molar-refractivity contribution in [2.24, 2.45) is 18.4 Å². The van der Waals surface area contributed by atoms with Crippen LogP contribution < -0.4 is 4.74 Å².